The Kier molecular flexibility index (Phi) is 5.12. The second-order valence-corrected chi connectivity index (χ2v) is 5.82. The van der Waals surface area contributed by atoms with Gasteiger partial charge in [-0.15, -0.1) is 0 Å². The van der Waals surface area contributed by atoms with Crippen LogP contribution in [0.5, 0.6) is 5.75 Å². The highest BCUT2D eigenvalue weighted by molar-refractivity contribution is 5.99. The van der Waals surface area contributed by atoms with Gasteiger partial charge in [-0.25, -0.2) is 9.37 Å². The maximum atomic E-state index is 13.4. The van der Waals surface area contributed by atoms with E-state index in [1.807, 2.05) is 0 Å². The number of hydrogen-bond donors (Lipinski definition) is 2. The molecule has 0 atom stereocenters. The molecule has 0 radical (unpaired) electrons. The molecule has 0 aliphatic heterocycles. The molecule has 0 saturated carbocycles. The Balaban J connectivity index is 1.82. The molecule has 1 amide bonds. The first-order valence-electron chi connectivity index (χ1n) is 8.04. The van der Waals surface area contributed by atoms with E-state index in [0.29, 0.717) is 22.6 Å². The predicted octanol–water partition coefficient (Wildman–Crippen LogP) is 3.94. The highest BCUT2D eigenvalue weighted by Gasteiger charge is 2.18. The lowest BCUT2D eigenvalue weighted by Crippen LogP contribution is -2.27. The van der Waals surface area contributed by atoms with E-state index in [-0.39, 0.29) is 24.0 Å². The van der Waals surface area contributed by atoms with E-state index in [0.717, 1.165) is 0 Å². The van der Waals surface area contributed by atoms with Crippen molar-refractivity contribution < 1.29 is 14.3 Å². The van der Waals surface area contributed by atoms with Crippen LogP contribution >= 0.6 is 0 Å². The molecule has 3 rings (SSSR count). The summed E-state index contributed by atoms with van der Waals surface area (Å²) in [5, 5.41) is 12.9. The number of para-hydroxylation sites is 1. The van der Waals surface area contributed by atoms with Crippen molar-refractivity contribution in [1.29, 1.82) is 0 Å². The maximum absolute atomic E-state index is 13.4. The second kappa shape index (κ2) is 7.65. The van der Waals surface area contributed by atoms with Crippen molar-refractivity contribution in [2.45, 2.75) is 6.54 Å². The lowest BCUT2D eigenvalue weighted by Gasteiger charge is -2.19. The molecule has 0 unspecified atom stereocenters. The van der Waals surface area contributed by atoms with Crippen LogP contribution in [0.2, 0.25) is 0 Å². The Hall–Kier alpha value is -3.41. The van der Waals surface area contributed by atoms with Gasteiger partial charge in [0.2, 0.25) is 0 Å². The summed E-state index contributed by atoms with van der Waals surface area (Å²) in [7, 11) is 1.65. The van der Waals surface area contributed by atoms with E-state index in [1.54, 1.807) is 61.8 Å². The van der Waals surface area contributed by atoms with Crippen LogP contribution in [0.4, 0.5) is 15.9 Å². The van der Waals surface area contributed by atoms with E-state index in [9.17, 15) is 14.3 Å². The molecule has 132 valence electrons. The summed E-state index contributed by atoms with van der Waals surface area (Å²) >= 11 is 0. The molecule has 2 aromatic carbocycles. The van der Waals surface area contributed by atoms with Crippen LogP contribution in [-0.4, -0.2) is 27.9 Å². The van der Waals surface area contributed by atoms with Crippen molar-refractivity contribution in [2.75, 3.05) is 12.4 Å². The molecule has 1 heterocycles. The number of aromatic hydroxyl groups is 1. The molecule has 5 nitrogen and oxygen atoms in total. The number of phenolic OH excluding ortho intramolecular Hbond substituents is 1. The largest absolute Gasteiger partial charge is 0.508 e. The molecule has 26 heavy (non-hydrogen) atoms. The van der Waals surface area contributed by atoms with Crippen molar-refractivity contribution in [1.82, 2.24) is 9.88 Å². The maximum Gasteiger partial charge on any atom is 0.257 e. The van der Waals surface area contributed by atoms with Gasteiger partial charge >= 0.3 is 0 Å². The van der Waals surface area contributed by atoms with Crippen LogP contribution in [0, 0.1) is 5.82 Å². The predicted molar refractivity (Wildman–Crippen MR) is 97.8 cm³/mol. The first-order chi connectivity index (χ1) is 12.5. The van der Waals surface area contributed by atoms with Gasteiger partial charge in [0.15, 0.2) is 0 Å². The van der Waals surface area contributed by atoms with E-state index in [1.165, 1.54) is 17.0 Å². The number of amides is 1. The fourth-order valence-electron chi connectivity index (χ4n) is 2.56. The topological polar surface area (TPSA) is 65.5 Å². The van der Waals surface area contributed by atoms with Crippen LogP contribution in [0.3, 0.4) is 0 Å². The van der Waals surface area contributed by atoms with Gasteiger partial charge in [0.25, 0.3) is 5.91 Å². The van der Waals surface area contributed by atoms with Gasteiger partial charge in [-0.1, -0.05) is 24.3 Å². The molecular weight excluding hydrogens is 333 g/mol. The van der Waals surface area contributed by atoms with E-state index >= 15 is 0 Å². The minimum Gasteiger partial charge on any atom is -0.508 e. The molecule has 1 aromatic heterocycles. The number of halogens is 1. The Morgan fingerprint density at radius 2 is 1.96 bits per heavy atom. The zero-order valence-electron chi connectivity index (χ0n) is 14.2. The number of anilines is 2. The molecule has 0 fully saturated rings. The summed E-state index contributed by atoms with van der Waals surface area (Å²) in [5.74, 6) is -0.167. The third-order valence-electron chi connectivity index (χ3n) is 3.87. The normalized spacial score (nSPS) is 10.4. The van der Waals surface area contributed by atoms with E-state index in [4.69, 9.17) is 0 Å². The van der Waals surface area contributed by atoms with Gasteiger partial charge in [0.05, 0.1) is 5.56 Å². The number of hydrogen-bond acceptors (Lipinski definition) is 4. The minimum atomic E-state index is -0.379. The number of rotatable bonds is 5. The lowest BCUT2D eigenvalue weighted by molar-refractivity contribution is 0.0785. The Labute approximate surface area is 150 Å². The molecule has 0 bridgehead atoms. The summed E-state index contributed by atoms with van der Waals surface area (Å²) in [6, 6.07) is 16.1. The van der Waals surface area contributed by atoms with E-state index in [2.05, 4.69) is 10.3 Å². The number of pyridine rings is 1. The number of carbonyl (C=O) groups excluding carboxylic acids is 1. The van der Waals surface area contributed by atoms with Crippen LogP contribution in [0.15, 0.2) is 66.9 Å². The minimum absolute atomic E-state index is 0.136. The third kappa shape index (κ3) is 3.97. The van der Waals surface area contributed by atoms with Crippen molar-refractivity contribution in [3.63, 3.8) is 0 Å². The van der Waals surface area contributed by atoms with Crippen LogP contribution in [-0.2, 0) is 6.54 Å². The SMILES string of the molecule is CN(Cc1ccccc1O)C(=O)c1cccnc1Nc1cccc(F)c1. The van der Waals surface area contributed by atoms with Crippen LogP contribution in [0.1, 0.15) is 15.9 Å². The smallest absolute Gasteiger partial charge is 0.257 e. The fourth-order valence-corrected chi connectivity index (χ4v) is 2.56. The molecule has 6 heteroatoms. The van der Waals surface area contributed by atoms with E-state index < -0.39 is 0 Å². The zero-order valence-corrected chi connectivity index (χ0v) is 14.2. The van der Waals surface area contributed by atoms with Gasteiger partial charge < -0.3 is 15.3 Å². The van der Waals surface area contributed by atoms with Crippen molar-refractivity contribution in [2.24, 2.45) is 0 Å². The van der Waals surface area contributed by atoms with Gasteiger partial charge in [-0.3, -0.25) is 4.79 Å². The molecule has 0 spiro atoms. The summed E-state index contributed by atoms with van der Waals surface area (Å²) in [4.78, 5) is 18.5. The Bertz CT molecular complexity index is 930. The van der Waals surface area contributed by atoms with Crippen molar-refractivity contribution >= 4 is 17.4 Å². The van der Waals surface area contributed by atoms with Gasteiger partial charge in [-0.2, -0.15) is 0 Å². The van der Waals surface area contributed by atoms with Gasteiger partial charge in [0.1, 0.15) is 17.4 Å². The van der Waals surface area contributed by atoms with Crippen molar-refractivity contribution in [3.8, 4) is 5.75 Å². The Morgan fingerprint density at radius 1 is 1.15 bits per heavy atom. The zero-order chi connectivity index (χ0) is 18.5. The number of nitrogens with zero attached hydrogens (tertiary/aromatic N) is 2. The number of aromatic nitrogens is 1. The molecule has 0 aliphatic carbocycles. The summed E-state index contributed by atoms with van der Waals surface area (Å²) in [6.45, 7) is 0.250. The molecule has 2 N–H and O–H groups in total. The Morgan fingerprint density at radius 3 is 2.73 bits per heavy atom. The molecule has 0 aliphatic rings. The average Bonchev–Trinajstić information content (AvgIpc) is 2.63. The standard InChI is InChI=1S/C20H18FN3O2/c1-24(13-14-6-2-3-10-18(14)25)20(26)17-9-5-11-22-19(17)23-16-8-4-7-15(21)12-16/h2-12,25H,13H2,1H3,(H,22,23). The number of benzene rings is 2. The van der Waals surface area contributed by atoms with Gasteiger partial charge in [-0.05, 0) is 36.4 Å². The first-order valence-corrected chi connectivity index (χ1v) is 8.04. The second-order valence-electron chi connectivity index (χ2n) is 5.82. The van der Waals surface area contributed by atoms with Crippen molar-refractivity contribution in [3.05, 3.63) is 83.8 Å². The van der Waals surface area contributed by atoms with Crippen LogP contribution < -0.4 is 5.32 Å². The first kappa shape index (κ1) is 17.4. The molecule has 0 saturated heterocycles. The summed E-state index contributed by atoms with van der Waals surface area (Å²) in [5.41, 5.74) is 1.50. The summed E-state index contributed by atoms with van der Waals surface area (Å²) in [6.07, 6.45) is 1.56. The summed E-state index contributed by atoms with van der Waals surface area (Å²) < 4.78 is 13.4. The third-order valence-corrected chi connectivity index (χ3v) is 3.87. The highest BCUT2D eigenvalue weighted by Crippen LogP contribution is 2.22. The number of nitrogens with one attached hydrogen (secondary N) is 1. The fraction of sp³-hybridized carbons (Fsp3) is 0.100. The quantitative estimate of drug-likeness (QED) is 0.731. The number of carbonyl (C=O) groups is 1. The lowest BCUT2D eigenvalue weighted by atomic mass is 10.1. The highest BCUT2D eigenvalue weighted by atomic mass is 19.1. The van der Waals surface area contributed by atoms with Crippen LogP contribution in [0.25, 0.3) is 0 Å². The monoisotopic (exact) mass is 351 g/mol. The average molecular weight is 351 g/mol. The molecular formula is C20H18FN3O2. The van der Waals surface area contributed by atoms with Gasteiger partial charge in [0, 0.05) is 31.0 Å². The molecule has 3 aromatic rings. The number of phenols is 1.